The lowest BCUT2D eigenvalue weighted by Gasteiger charge is -2.44. The van der Waals surface area contributed by atoms with Crippen molar-refractivity contribution in [2.24, 2.45) is 5.92 Å². The lowest BCUT2D eigenvalue weighted by molar-refractivity contribution is -0.303. The lowest BCUT2D eigenvalue weighted by atomic mass is 9.90. The van der Waals surface area contributed by atoms with Crippen LogP contribution in [0.5, 0.6) is 0 Å². The van der Waals surface area contributed by atoms with Gasteiger partial charge in [-0.3, -0.25) is 0 Å². The molecule has 1 fully saturated rings. The molecule has 0 spiro atoms. The number of ether oxygens (including phenoxy) is 5. The summed E-state index contributed by atoms with van der Waals surface area (Å²) in [6.45, 7) is 4.08. The minimum Gasteiger partial charge on any atom is -0.374 e. The molecule has 1 heterocycles. The molecule has 5 atom stereocenters. The van der Waals surface area contributed by atoms with Crippen LogP contribution < -0.4 is 0 Å². The molecule has 4 rings (SSSR count). The first-order valence-corrected chi connectivity index (χ1v) is 11.9. The molecular weight excluding hydrogens is 428 g/mol. The Kier molecular flexibility index (Phi) is 9.25. The van der Waals surface area contributed by atoms with E-state index in [0.29, 0.717) is 26.4 Å². The molecule has 1 aliphatic heterocycles. The van der Waals surface area contributed by atoms with Crippen LogP contribution in [0.3, 0.4) is 0 Å². The van der Waals surface area contributed by atoms with Gasteiger partial charge in [0.05, 0.1) is 38.6 Å². The molecule has 1 saturated heterocycles. The topological polar surface area (TPSA) is 46.2 Å². The van der Waals surface area contributed by atoms with Crippen molar-refractivity contribution in [2.75, 3.05) is 13.7 Å². The summed E-state index contributed by atoms with van der Waals surface area (Å²) in [6.07, 6.45) is -1.31. The molecule has 34 heavy (non-hydrogen) atoms. The van der Waals surface area contributed by atoms with Crippen molar-refractivity contribution in [3.05, 3.63) is 108 Å². The minimum atomic E-state index is -0.550. The molecule has 0 radical (unpaired) electrons. The van der Waals surface area contributed by atoms with E-state index in [4.69, 9.17) is 23.7 Å². The van der Waals surface area contributed by atoms with Gasteiger partial charge in [0, 0.05) is 13.0 Å². The number of hydrogen-bond donors (Lipinski definition) is 0. The second-order valence-electron chi connectivity index (χ2n) is 8.66. The van der Waals surface area contributed by atoms with Gasteiger partial charge in [-0.25, -0.2) is 0 Å². The average Bonchev–Trinajstić information content (AvgIpc) is 2.89. The maximum absolute atomic E-state index is 6.47. The van der Waals surface area contributed by atoms with E-state index in [1.54, 1.807) is 7.11 Å². The van der Waals surface area contributed by atoms with Crippen LogP contribution in [-0.4, -0.2) is 38.3 Å². The predicted octanol–water partition coefficient (Wildman–Crippen LogP) is 5.38. The van der Waals surface area contributed by atoms with E-state index in [2.05, 4.69) is 43.3 Å². The van der Waals surface area contributed by atoms with E-state index < -0.39 is 6.29 Å². The summed E-state index contributed by atoms with van der Waals surface area (Å²) in [7, 11) is 1.65. The van der Waals surface area contributed by atoms with Crippen LogP contribution in [-0.2, 0) is 43.5 Å². The third-order valence-corrected chi connectivity index (χ3v) is 6.20. The van der Waals surface area contributed by atoms with Crippen molar-refractivity contribution >= 4 is 0 Å². The summed E-state index contributed by atoms with van der Waals surface area (Å²) in [5.74, 6) is 0.0478. The molecule has 0 aliphatic carbocycles. The Labute approximate surface area is 202 Å². The Morgan fingerprint density at radius 3 is 1.62 bits per heavy atom. The van der Waals surface area contributed by atoms with E-state index in [1.165, 1.54) is 0 Å². The Morgan fingerprint density at radius 1 is 0.647 bits per heavy atom. The summed E-state index contributed by atoms with van der Waals surface area (Å²) in [6, 6.07) is 30.5. The van der Waals surface area contributed by atoms with Gasteiger partial charge in [0.2, 0.25) is 0 Å². The van der Waals surface area contributed by atoms with Gasteiger partial charge in [-0.05, 0) is 16.7 Å². The van der Waals surface area contributed by atoms with Gasteiger partial charge in [-0.1, -0.05) is 97.9 Å². The molecule has 0 saturated carbocycles. The van der Waals surface area contributed by atoms with Crippen molar-refractivity contribution in [1.82, 2.24) is 0 Å². The van der Waals surface area contributed by atoms with E-state index in [1.807, 2.05) is 54.6 Å². The average molecular weight is 463 g/mol. The third-order valence-electron chi connectivity index (χ3n) is 6.20. The quantitative estimate of drug-likeness (QED) is 0.383. The zero-order valence-electron chi connectivity index (χ0n) is 19.9. The van der Waals surface area contributed by atoms with Crippen molar-refractivity contribution in [2.45, 2.75) is 51.3 Å². The fourth-order valence-electron chi connectivity index (χ4n) is 4.24. The molecular formula is C29H34O5. The summed E-state index contributed by atoms with van der Waals surface area (Å²) in [4.78, 5) is 0. The first kappa shape index (κ1) is 24.6. The van der Waals surface area contributed by atoms with Gasteiger partial charge in [0.15, 0.2) is 6.29 Å². The van der Waals surface area contributed by atoms with Crippen molar-refractivity contribution < 1.29 is 23.7 Å². The highest BCUT2D eigenvalue weighted by Crippen LogP contribution is 2.32. The predicted molar refractivity (Wildman–Crippen MR) is 131 cm³/mol. The fourth-order valence-corrected chi connectivity index (χ4v) is 4.24. The van der Waals surface area contributed by atoms with E-state index >= 15 is 0 Å². The Balaban J connectivity index is 1.44. The number of rotatable bonds is 11. The highest BCUT2D eigenvalue weighted by atomic mass is 16.7. The second kappa shape index (κ2) is 12.8. The zero-order chi connectivity index (χ0) is 23.6. The third kappa shape index (κ3) is 6.75. The van der Waals surface area contributed by atoms with Crippen LogP contribution in [0.4, 0.5) is 0 Å². The molecule has 0 unspecified atom stereocenters. The molecule has 5 heteroatoms. The first-order valence-electron chi connectivity index (χ1n) is 11.9. The maximum Gasteiger partial charge on any atom is 0.186 e. The summed E-state index contributed by atoms with van der Waals surface area (Å²) >= 11 is 0. The van der Waals surface area contributed by atoms with Crippen LogP contribution in [0, 0.1) is 5.92 Å². The molecule has 1 aliphatic rings. The van der Waals surface area contributed by atoms with Crippen molar-refractivity contribution in [3.63, 3.8) is 0 Å². The Bertz CT molecular complexity index is 950. The molecule has 0 N–H and O–H groups in total. The number of methoxy groups -OCH3 is 1. The largest absolute Gasteiger partial charge is 0.374 e. The van der Waals surface area contributed by atoms with Crippen LogP contribution in [0.25, 0.3) is 0 Å². The van der Waals surface area contributed by atoms with Gasteiger partial charge < -0.3 is 23.7 Å². The maximum atomic E-state index is 6.47. The standard InChI is InChI=1S/C29H34O5/c1-22-26(21-31-18-23-12-6-3-7-13-23)34-29(30-2)28(33-20-25-16-10-5-11-17-25)27(22)32-19-24-14-8-4-9-15-24/h3-17,22,26-29H,18-21H2,1-2H3/t22-,26-,27+,28-,29+/m1/s1. The van der Waals surface area contributed by atoms with Gasteiger partial charge in [-0.15, -0.1) is 0 Å². The lowest BCUT2D eigenvalue weighted by Crippen LogP contribution is -2.57. The van der Waals surface area contributed by atoms with Gasteiger partial charge in [0.25, 0.3) is 0 Å². The van der Waals surface area contributed by atoms with Gasteiger partial charge in [-0.2, -0.15) is 0 Å². The van der Waals surface area contributed by atoms with Crippen LogP contribution in [0.1, 0.15) is 23.6 Å². The Morgan fingerprint density at radius 2 is 1.12 bits per heavy atom. The number of hydrogen-bond acceptors (Lipinski definition) is 5. The normalized spacial score (nSPS) is 24.7. The molecule has 3 aromatic rings. The summed E-state index contributed by atoms with van der Waals surface area (Å²) < 4.78 is 30.9. The van der Waals surface area contributed by atoms with Crippen molar-refractivity contribution in [3.8, 4) is 0 Å². The fraction of sp³-hybridized carbons (Fsp3) is 0.379. The molecule has 0 aromatic heterocycles. The van der Waals surface area contributed by atoms with E-state index in [-0.39, 0.29) is 24.2 Å². The van der Waals surface area contributed by atoms with Gasteiger partial charge in [0.1, 0.15) is 6.10 Å². The molecule has 0 bridgehead atoms. The van der Waals surface area contributed by atoms with E-state index in [9.17, 15) is 0 Å². The highest BCUT2D eigenvalue weighted by Gasteiger charge is 2.45. The summed E-state index contributed by atoms with van der Waals surface area (Å²) in [5.41, 5.74) is 3.35. The summed E-state index contributed by atoms with van der Waals surface area (Å²) in [5, 5.41) is 0. The minimum absolute atomic E-state index is 0.0478. The van der Waals surface area contributed by atoms with Gasteiger partial charge >= 0.3 is 0 Å². The monoisotopic (exact) mass is 462 g/mol. The first-order chi connectivity index (χ1) is 16.7. The molecule has 3 aromatic carbocycles. The molecule has 5 nitrogen and oxygen atoms in total. The Hall–Kier alpha value is -2.54. The molecule has 180 valence electrons. The highest BCUT2D eigenvalue weighted by molar-refractivity contribution is 5.15. The number of benzene rings is 3. The van der Waals surface area contributed by atoms with Crippen LogP contribution in [0.2, 0.25) is 0 Å². The van der Waals surface area contributed by atoms with Crippen LogP contribution in [0.15, 0.2) is 91.0 Å². The zero-order valence-corrected chi connectivity index (χ0v) is 19.9. The smallest absolute Gasteiger partial charge is 0.186 e. The van der Waals surface area contributed by atoms with E-state index in [0.717, 1.165) is 16.7 Å². The van der Waals surface area contributed by atoms with Crippen molar-refractivity contribution in [1.29, 1.82) is 0 Å². The molecule has 0 amide bonds. The SMILES string of the molecule is CO[C@H]1O[C@H](COCc2ccccc2)[C@@H](C)[C@H](OCc2ccccc2)[C@H]1OCc1ccccc1. The second-order valence-corrected chi connectivity index (χ2v) is 8.66. The van der Waals surface area contributed by atoms with Crippen LogP contribution >= 0.6 is 0 Å².